The smallest absolute Gasteiger partial charge is 0.255 e. The Kier molecular flexibility index (Phi) is 7.06. The molecule has 1 spiro atoms. The van der Waals surface area contributed by atoms with Gasteiger partial charge in [0.05, 0.1) is 46.4 Å². The second-order valence-corrected chi connectivity index (χ2v) is 12.4. The van der Waals surface area contributed by atoms with E-state index < -0.39 is 11.5 Å². The lowest BCUT2D eigenvalue weighted by Crippen LogP contribution is -2.58. The first kappa shape index (κ1) is 28.0. The van der Waals surface area contributed by atoms with Crippen LogP contribution in [0.4, 0.5) is 0 Å². The van der Waals surface area contributed by atoms with E-state index in [0.717, 1.165) is 31.2 Å². The minimum atomic E-state index is -0.955. The highest BCUT2D eigenvalue weighted by molar-refractivity contribution is 6.29. The second-order valence-electron chi connectivity index (χ2n) is 12.0. The van der Waals surface area contributed by atoms with Gasteiger partial charge in [0.15, 0.2) is 0 Å². The summed E-state index contributed by atoms with van der Waals surface area (Å²) in [5.74, 6) is 0.270. The van der Waals surface area contributed by atoms with Crippen LogP contribution in [0, 0.1) is 5.41 Å². The number of hydrogen-bond acceptors (Lipinski definition) is 7. The normalized spacial score (nSPS) is 21.4. The number of carbonyl (C=O) groups excluding carboxylic acids is 2. The van der Waals surface area contributed by atoms with Gasteiger partial charge >= 0.3 is 0 Å². The number of rotatable bonds is 9. The number of hydrogen-bond donors (Lipinski definition) is 3. The number of aliphatic hydroxyl groups is 1. The van der Waals surface area contributed by atoms with Crippen molar-refractivity contribution < 1.29 is 24.2 Å². The molecule has 0 radical (unpaired) electrons. The summed E-state index contributed by atoms with van der Waals surface area (Å²) in [6.07, 6.45) is 6.59. The Bertz CT molecular complexity index is 1670. The van der Waals surface area contributed by atoms with Crippen LogP contribution < -0.4 is 20.5 Å². The quantitative estimate of drug-likeness (QED) is 0.245. The molecule has 218 valence electrons. The van der Waals surface area contributed by atoms with Crippen LogP contribution in [0.2, 0.25) is 5.15 Å². The molecule has 2 aliphatic rings. The van der Waals surface area contributed by atoms with Crippen LogP contribution in [0.3, 0.4) is 0 Å². The molecule has 4 N–H and O–H groups in total. The summed E-state index contributed by atoms with van der Waals surface area (Å²) in [5.41, 5.74) is 7.73. The molecule has 1 aromatic carbocycles. The van der Waals surface area contributed by atoms with Gasteiger partial charge in [0.25, 0.3) is 11.8 Å². The van der Waals surface area contributed by atoms with Crippen LogP contribution in [0.1, 0.15) is 60.2 Å². The molecule has 3 aromatic heterocycles. The zero-order chi connectivity index (χ0) is 29.6. The molecule has 0 saturated heterocycles. The molecule has 42 heavy (non-hydrogen) atoms. The zero-order valence-electron chi connectivity index (χ0n) is 23.3. The van der Waals surface area contributed by atoms with Gasteiger partial charge < -0.3 is 25.6 Å². The van der Waals surface area contributed by atoms with E-state index in [0.29, 0.717) is 39.0 Å². The van der Waals surface area contributed by atoms with Crippen LogP contribution >= 0.6 is 11.6 Å². The second kappa shape index (κ2) is 10.6. The van der Waals surface area contributed by atoms with Crippen molar-refractivity contribution in [3.63, 3.8) is 0 Å². The average Bonchev–Trinajstić information content (AvgIpc) is 3.32. The number of ether oxygens (including phenoxy) is 2. The number of nitrogens with two attached hydrogens (primary N) is 1. The summed E-state index contributed by atoms with van der Waals surface area (Å²) in [7, 11) is 0. The lowest BCUT2D eigenvalue weighted by atomic mass is 9.53. The average molecular weight is 590 g/mol. The summed E-state index contributed by atoms with van der Waals surface area (Å²) >= 11 is 6.05. The zero-order valence-corrected chi connectivity index (χ0v) is 24.1. The Balaban J connectivity index is 1.04. The van der Waals surface area contributed by atoms with Crippen molar-refractivity contribution >= 4 is 28.9 Å². The predicted octanol–water partition coefficient (Wildman–Crippen LogP) is 4.42. The first-order chi connectivity index (χ1) is 20.0. The molecule has 0 atom stereocenters. The maximum absolute atomic E-state index is 13.0. The monoisotopic (exact) mass is 589 g/mol. The highest BCUT2D eigenvalue weighted by Gasteiger charge is 2.54. The number of amides is 2. The Morgan fingerprint density at radius 2 is 1.93 bits per heavy atom. The summed E-state index contributed by atoms with van der Waals surface area (Å²) in [6, 6.07) is 14.2. The number of fused-ring (bicyclic) bond motifs is 1. The van der Waals surface area contributed by atoms with Crippen LogP contribution in [-0.4, -0.2) is 55.9 Å². The molecule has 10 nitrogen and oxygen atoms in total. The van der Waals surface area contributed by atoms with E-state index in [9.17, 15) is 14.7 Å². The summed E-state index contributed by atoms with van der Waals surface area (Å²) < 4.78 is 13.5. The maximum atomic E-state index is 13.0. The van der Waals surface area contributed by atoms with Crippen LogP contribution in [0.15, 0.2) is 60.9 Å². The van der Waals surface area contributed by atoms with Crippen LogP contribution in [-0.2, 0) is 0 Å². The number of aromatic nitrogens is 3. The highest BCUT2D eigenvalue weighted by atomic mass is 35.5. The molecule has 3 heterocycles. The van der Waals surface area contributed by atoms with E-state index in [2.05, 4.69) is 15.4 Å². The topological polar surface area (TPSA) is 141 Å². The van der Waals surface area contributed by atoms with E-state index in [1.165, 1.54) is 0 Å². The van der Waals surface area contributed by atoms with E-state index in [1.54, 1.807) is 67.2 Å². The molecule has 0 unspecified atom stereocenters. The number of pyridine rings is 2. The van der Waals surface area contributed by atoms with E-state index in [-0.39, 0.29) is 30.1 Å². The van der Waals surface area contributed by atoms with Gasteiger partial charge in [-0.3, -0.25) is 9.59 Å². The van der Waals surface area contributed by atoms with Gasteiger partial charge in [-0.15, -0.1) is 0 Å². The lowest BCUT2D eigenvalue weighted by Gasteiger charge is -2.57. The molecule has 2 amide bonds. The number of nitrogens with zero attached hydrogens (tertiary/aromatic N) is 3. The van der Waals surface area contributed by atoms with Crippen molar-refractivity contribution in [3.05, 3.63) is 77.2 Å². The van der Waals surface area contributed by atoms with Gasteiger partial charge in [-0.25, -0.2) is 9.50 Å². The number of primary amides is 1. The predicted molar refractivity (Wildman–Crippen MR) is 157 cm³/mol. The number of carbonyl (C=O) groups is 2. The van der Waals surface area contributed by atoms with E-state index in [1.807, 2.05) is 12.1 Å². The van der Waals surface area contributed by atoms with Gasteiger partial charge in [-0.2, -0.15) is 5.10 Å². The fourth-order valence-electron chi connectivity index (χ4n) is 5.89. The maximum Gasteiger partial charge on any atom is 0.255 e. The molecular formula is C31H32ClN5O5. The fraction of sp³-hybridized carbons (Fsp3) is 0.355. The molecule has 0 bridgehead atoms. The molecule has 2 fully saturated rings. The molecule has 0 aliphatic heterocycles. The van der Waals surface area contributed by atoms with Crippen molar-refractivity contribution in [2.45, 2.75) is 57.3 Å². The minimum Gasteiger partial charge on any atom is -0.490 e. The highest BCUT2D eigenvalue weighted by Crippen LogP contribution is 2.57. The van der Waals surface area contributed by atoms with Crippen molar-refractivity contribution in [2.75, 3.05) is 6.61 Å². The Morgan fingerprint density at radius 3 is 2.64 bits per heavy atom. The van der Waals surface area contributed by atoms with Crippen molar-refractivity contribution in [1.29, 1.82) is 0 Å². The summed E-state index contributed by atoms with van der Waals surface area (Å²) in [4.78, 5) is 29.4. The van der Waals surface area contributed by atoms with Gasteiger partial charge in [-0.05, 0) is 81.3 Å². The van der Waals surface area contributed by atoms with Crippen LogP contribution in [0.5, 0.6) is 11.5 Å². The summed E-state index contributed by atoms with van der Waals surface area (Å²) in [5, 5.41) is 17.7. The first-order valence-electron chi connectivity index (χ1n) is 13.8. The third kappa shape index (κ3) is 5.77. The molecule has 6 rings (SSSR count). The molecular weight excluding hydrogens is 558 g/mol. The van der Waals surface area contributed by atoms with Crippen LogP contribution in [0.25, 0.3) is 16.8 Å². The Labute approximate surface area is 247 Å². The Morgan fingerprint density at radius 1 is 1.14 bits per heavy atom. The Hall–Kier alpha value is -4.15. The number of halogens is 1. The van der Waals surface area contributed by atoms with Gasteiger partial charge in [0, 0.05) is 11.6 Å². The lowest BCUT2D eigenvalue weighted by molar-refractivity contribution is -0.0834. The largest absolute Gasteiger partial charge is 0.490 e. The third-order valence-electron chi connectivity index (χ3n) is 7.89. The third-order valence-corrected chi connectivity index (χ3v) is 8.10. The van der Waals surface area contributed by atoms with Crippen molar-refractivity contribution in [1.82, 2.24) is 19.9 Å². The van der Waals surface area contributed by atoms with E-state index >= 15 is 0 Å². The minimum absolute atomic E-state index is 0.0465. The van der Waals surface area contributed by atoms with Gasteiger partial charge in [-0.1, -0.05) is 23.7 Å². The van der Waals surface area contributed by atoms with Crippen molar-refractivity contribution in [2.24, 2.45) is 11.1 Å². The molecule has 2 aliphatic carbocycles. The SMILES string of the molecule is CC(C)(O)COc1ccc2c(C(=O)NC3CC4(C3)CC(Oc3cc(-c5cccc(Cl)n5)ccc3C(N)=O)C4)cnn2c1. The summed E-state index contributed by atoms with van der Waals surface area (Å²) in [6.45, 7) is 3.48. The first-order valence-corrected chi connectivity index (χ1v) is 14.2. The number of benzene rings is 1. The fourth-order valence-corrected chi connectivity index (χ4v) is 6.05. The molecule has 4 aromatic rings. The number of nitrogens with one attached hydrogen (secondary N) is 1. The molecule has 11 heteroatoms. The van der Waals surface area contributed by atoms with Gasteiger partial charge in [0.1, 0.15) is 23.3 Å². The standard InChI is InChI=1S/C31H32ClN5O5/c1-30(2,40)17-41-20-7-9-25-23(15-34-37(25)16-20)29(39)35-19-11-31(12-19)13-21(14-31)42-26-10-18(6-8-22(26)28(33)38)24-4-3-5-27(32)36-24/h3-10,15-16,19,21,40H,11-14,17H2,1-2H3,(H2,33,38)(H,35,39). The van der Waals surface area contributed by atoms with Gasteiger partial charge in [0.2, 0.25) is 0 Å². The van der Waals surface area contributed by atoms with E-state index in [4.69, 9.17) is 26.8 Å². The van der Waals surface area contributed by atoms with Crippen molar-refractivity contribution in [3.8, 4) is 22.8 Å². The molecule has 2 saturated carbocycles.